The van der Waals surface area contributed by atoms with Gasteiger partial charge in [0, 0.05) is 0 Å². The van der Waals surface area contributed by atoms with E-state index in [-0.39, 0.29) is 0 Å². The van der Waals surface area contributed by atoms with Gasteiger partial charge >= 0.3 is 0 Å². The Hall–Kier alpha value is -2.00. The van der Waals surface area contributed by atoms with Crippen molar-refractivity contribution in [3.8, 4) is 12.3 Å². The molecule has 18 heavy (non-hydrogen) atoms. The van der Waals surface area contributed by atoms with E-state index in [0.29, 0.717) is 6.42 Å². The van der Waals surface area contributed by atoms with Gasteiger partial charge in [0.25, 0.3) is 6.26 Å². The molecule has 1 atom stereocenters. The Morgan fingerprint density at radius 1 is 1.17 bits per heavy atom. The van der Waals surface area contributed by atoms with Gasteiger partial charge in [-0.1, -0.05) is 31.2 Å². The first-order chi connectivity index (χ1) is 8.39. The fraction of sp³-hybridized carbons (Fsp3) is 0.467. The molecule has 0 saturated heterocycles. The van der Waals surface area contributed by atoms with Crippen molar-refractivity contribution in [3.63, 3.8) is 0 Å². The summed E-state index contributed by atoms with van der Waals surface area (Å²) < 4.78 is 5.19. The molecule has 0 spiro atoms. The van der Waals surface area contributed by atoms with Gasteiger partial charge in [-0.2, -0.15) is 10.5 Å². The van der Waals surface area contributed by atoms with E-state index in [1.165, 1.54) is 0 Å². The molecule has 94 valence electrons. The van der Waals surface area contributed by atoms with Crippen molar-refractivity contribution in [1.82, 2.24) is 0 Å². The van der Waals surface area contributed by atoms with Crippen molar-refractivity contribution >= 4 is 0 Å². The number of nitriles is 2. The minimum absolute atomic E-state index is 0.544. The molecule has 0 radical (unpaired) electrons. The Balaban J connectivity index is 3.26. The Kier molecular flexibility index (Phi) is 3.99. The van der Waals surface area contributed by atoms with E-state index in [4.69, 9.17) is 15.3 Å². The van der Waals surface area contributed by atoms with Crippen molar-refractivity contribution in [2.75, 3.05) is 0 Å². The van der Waals surface area contributed by atoms with Crippen LogP contribution in [0, 0.1) is 22.8 Å². The summed E-state index contributed by atoms with van der Waals surface area (Å²) in [6.45, 7) is 7.61. The number of ether oxygens (including phenoxy) is 1. The minimum Gasteiger partial charge on any atom is -0.416 e. The normalized spacial score (nSPS) is 14.1. The maximum atomic E-state index is 9.17. The minimum atomic E-state index is -0.629. The summed E-state index contributed by atoms with van der Waals surface area (Å²) in [6, 6.07) is 9.98. The molecule has 0 aliphatic heterocycles. The summed E-state index contributed by atoms with van der Waals surface area (Å²) in [5, 5.41) is 17.9. The van der Waals surface area contributed by atoms with Crippen molar-refractivity contribution in [2.45, 2.75) is 45.1 Å². The predicted octanol–water partition coefficient (Wildman–Crippen LogP) is 3.61. The molecule has 0 N–H and O–H groups in total. The molecule has 3 heteroatoms. The van der Waals surface area contributed by atoms with E-state index in [1.807, 2.05) is 52.0 Å². The summed E-state index contributed by atoms with van der Waals surface area (Å²) >= 11 is 0. The third-order valence-electron chi connectivity index (χ3n) is 3.42. The van der Waals surface area contributed by atoms with Gasteiger partial charge < -0.3 is 4.74 Å². The topological polar surface area (TPSA) is 56.8 Å². The molecule has 0 aliphatic rings. The van der Waals surface area contributed by atoms with Crippen molar-refractivity contribution < 1.29 is 4.74 Å². The number of rotatable bonds is 4. The zero-order valence-electron chi connectivity index (χ0n) is 11.3. The van der Waals surface area contributed by atoms with Gasteiger partial charge in [0.2, 0.25) is 0 Å². The van der Waals surface area contributed by atoms with Crippen LogP contribution in [-0.4, -0.2) is 0 Å². The molecule has 0 amide bonds. The Bertz CT molecular complexity index is 508. The first-order valence-electron chi connectivity index (χ1n) is 5.99. The van der Waals surface area contributed by atoms with Gasteiger partial charge in [-0.25, -0.2) is 0 Å². The summed E-state index contributed by atoms with van der Waals surface area (Å²) in [5.74, 6) is 0. The van der Waals surface area contributed by atoms with Gasteiger partial charge in [-0.3, -0.25) is 0 Å². The van der Waals surface area contributed by atoms with Crippen LogP contribution < -0.4 is 0 Å². The molecule has 1 unspecified atom stereocenters. The van der Waals surface area contributed by atoms with Crippen LogP contribution >= 0.6 is 0 Å². The van der Waals surface area contributed by atoms with Crippen LogP contribution in [0.2, 0.25) is 0 Å². The second kappa shape index (κ2) is 5.10. The first kappa shape index (κ1) is 14.1. The largest absolute Gasteiger partial charge is 0.416 e. The molecule has 0 aliphatic carbocycles. The lowest BCUT2D eigenvalue weighted by Crippen LogP contribution is -2.24. The summed E-state index contributed by atoms with van der Waals surface area (Å²) in [6.07, 6.45) is 2.46. The maximum Gasteiger partial charge on any atom is 0.287 e. The Labute approximate surface area is 109 Å². The summed E-state index contributed by atoms with van der Waals surface area (Å²) in [4.78, 5) is 0. The second-order valence-electron chi connectivity index (χ2n) is 5.10. The van der Waals surface area contributed by atoms with E-state index >= 15 is 0 Å². The molecule has 3 nitrogen and oxygen atoms in total. The van der Waals surface area contributed by atoms with Gasteiger partial charge in [-0.15, -0.1) is 0 Å². The fourth-order valence-corrected chi connectivity index (χ4v) is 1.74. The van der Waals surface area contributed by atoms with Crippen LogP contribution in [-0.2, 0) is 15.8 Å². The highest BCUT2D eigenvalue weighted by atomic mass is 16.5. The highest BCUT2D eigenvalue weighted by molar-refractivity contribution is 5.36. The SMILES string of the molecule is CCC(C)(OC#N)c1cccc(C(C)(C)C#N)c1. The third kappa shape index (κ3) is 2.63. The fourth-order valence-electron chi connectivity index (χ4n) is 1.74. The average Bonchev–Trinajstić information content (AvgIpc) is 2.39. The zero-order valence-corrected chi connectivity index (χ0v) is 11.3. The van der Waals surface area contributed by atoms with Crippen molar-refractivity contribution in [3.05, 3.63) is 35.4 Å². The predicted molar refractivity (Wildman–Crippen MR) is 69.4 cm³/mol. The van der Waals surface area contributed by atoms with Gasteiger partial charge in [-0.05, 0) is 38.3 Å². The summed E-state index contributed by atoms with van der Waals surface area (Å²) in [7, 11) is 0. The number of benzene rings is 1. The molecule has 0 fully saturated rings. The van der Waals surface area contributed by atoms with E-state index in [0.717, 1.165) is 11.1 Å². The second-order valence-corrected chi connectivity index (χ2v) is 5.10. The average molecular weight is 242 g/mol. The standard InChI is InChI=1S/C15H18N2O/c1-5-15(4,18-11-17)13-8-6-7-12(9-13)14(2,3)10-16/h6-9H,5H2,1-4H3. The molecule has 0 saturated carbocycles. The number of hydrogen-bond donors (Lipinski definition) is 0. The lowest BCUT2D eigenvalue weighted by Gasteiger charge is -2.27. The Morgan fingerprint density at radius 2 is 1.78 bits per heavy atom. The van der Waals surface area contributed by atoms with Gasteiger partial charge in [0.15, 0.2) is 0 Å². The number of nitrogens with zero attached hydrogens (tertiary/aromatic N) is 2. The molecule has 1 aromatic carbocycles. The first-order valence-corrected chi connectivity index (χ1v) is 5.99. The van der Waals surface area contributed by atoms with Crippen LogP contribution in [0.4, 0.5) is 0 Å². The van der Waals surface area contributed by atoms with Crippen LogP contribution in [0.15, 0.2) is 24.3 Å². The van der Waals surface area contributed by atoms with Crippen LogP contribution in [0.1, 0.15) is 45.2 Å². The molecular weight excluding hydrogens is 224 g/mol. The van der Waals surface area contributed by atoms with E-state index in [9.17, 15) is 0 Å². The highest BCUT2D eigenvalue weighted by Crippen LogP contribution is 2.32. The smallest absolute Gasteiger partial charge is 0.287 e. The molecule has 1 aromatic rings. The highest BCUT2D eigenvalue weighted by Gasteiger charge is 2.29. The molecule has 0 bridgehead atoms. The molecule has 1 rings (SSSR count). The van der Waals surface area contributed by atoms with Crippen molar-refractivity contribution in [1.29, 1.82) is 10.5 Å². The van der Waals surface area contributed by atoms with Crippen LogP contribution in [0.5, 0.6) is 0 Å². The lowest BCUT2D eigenvalue weighted by molar-refractivity contribution is 0.0462. The zero-order chi connectivity index (χ0) is 13.8. The summed E-state index contributed by atoms with van der Waals surface area (Å²) in [5.41, 5.74) is 0.684. The molecule has 0 aromatic heterocycles. The van der Waals surface area contributed by atoms with Gasteiger partial charge in [0.1, 0.15) is 5.60 Å². The van der Waals surface area contributed by atoms with Gasteiger partial charge in [0.05, 0.1) is 11.5 Å². The van der Waals surface area contributed by atoms with E-state index < -0.39 is 11.0 Å². The molecule has 0 heterocycles. The number of hydrogen-bond acceptors (Lipinski definition) is 3. The quantitative estimate of drug-likeness (QED) is 0.758. The maximum absolute atomic E-state index is 9.17. The Morgan fingerprint density at radius 3 is 2.28 bits per heavy atom. The van der Waals surface area contributed by atoms with Crippen LogP contribution in [0.25, 0.3) is 0 Å². The third-order valence-corrected chi connectivity index (χ3v) is 3.42. The molecular formula is C15H18N2O. The van der Waals surface area contributed by atoms with Crippen LogP contribution in [0.3, 0.4) is 0 Å². The van der Waals surface area contributed by atoms with E-state index in [2.05, 4.69) is 6.07 Å². The van der Waals surface area contributed by atoms with Crippen molar-refractivity contribution in [2.24, 2.45) is 0 Å². The van der Waals surface area contributed by atoms with E-state index in [1.54, 1.807) is 6.26 Å². The monoisotopic (exact) mass is 242 g/mol. The lowest BCUT2D eigenvalue weighted by atomic mass is 9.83.